The molecule has 1 aromatic carbocycles. The highest BCUT2D eigenvalue weighted by Gasteiger charge is 2.45. The van der Waals surface area contributed by atoms with Gasteiger partial charge in [-0.1, -0.05) is 13.8 Å². The van der Waals surface area contributed by atoms with Crippen molar-refractivity contribution in [2.75, 3.05) is 13.9 Å². The predicted molar refractivity (Wildman–Crippen MR) is 116 cm³/mol. The van der Waals surface area contributed by atoms with Crippen LogP contribution in [0.2, 0.25) is 0 Å². The molecular formula is C24H24N2O6. The van der Waals surface area contributed by atoms with Crippen molar-refractivity contribution in [2.45, 2.75) is 45.4 Å². The molecule has 1 atom stereocenters. The third-order valence-corrected chi connectivity index (χ3v) is 6.47. The summed E-state index contributed by atoms with van der Waals surface area (Å²) in [6.07, 6.45) is 0.863. The molecule has 2 aliphatic heterocycles. The molecule has 0 bridgehead atoms. The van der Waals surface area contributed by atoms with Crippen LogP contribution < -0.4 is 10.3 Å². The zero-order chi connectivity index (χ0) is 22.6. The first-order valence-electron chi connectivity index (χ1n) is 10.7. The Morgan fingerprint density at radius 3 is 2.75 bits per heavy atom. The van der Waals surface area contributed by atoms with Gasteiger partial charge in [-0.2, -0.15) is 0 Å². The van der Waals surface area contributed by atoms with E-state index in [2.05, 4.69) is 6.92 Å². The predicted octanol–water partition coefficient (Wildman–Crippen LogP) is 2.62. The van der Waals surface area contributed by atoms with Gasteiger partial charge in [-0.3, -0.25) is 4.79 Å². The molecule has 0 radical (unpaired) electrons. The van der Waals surface area contributed by atoms with Gasteiger partial charge in [0, 0.05) is 23.6 Å². The summed E-state index contributed by atoms with van der Waals surface area (Å²) in [5.74, 6) is -0.0398. The molecule has 0 saturated heterocycles. The Hall–Kier alpha value is -3.23. The second-order valence-electron chi connectivity index (χ2n) is 8.10. The van der Waals surface area contributed by atoms with Crippen LogP contribution in [0, 0.1) is 0 Å². The zero-order valence-corrected chi connectivity index (χ0v) is 18.2. The summed E-state index contributed by atoms with van der Waals surface area (Å²) in [5.41, 5.74) is 2.72. The minimum absolute atomic E-state index is 0.115. The van der Waals surface area contributed by atoms with E-state index in [9.17, 15) is 14.7 Å². The number of methoxy groups -OCH3 is 1. The van der Waals surface area contributed by atoms with Crippen LogP contribution in [0.15, 0.2) is 29.1 Å². The molecule has 8 heteroatoms. The van der Waals surface area contributed by atoms with Crippen LogP contribution in [0.3, 0.4) is 0 Å². The summed E-state index contributed by atoms with van der Waals surface area (Å²) < 4.78 is 17.4. The zero-order valence-electron chi connectivity index (χ0n) is 18.2. The van der Waals surface area contributed by atoms with Crippen molar-refractivity contribution in [2.24, 2.45) is 0 Å². The molecule has 3 aromatic rings. The first kappa shape index (κ1) is 20.7. The summed E-state index contributed by atoms with van der Waals surface area (Å²) in [6, 6.07) is 7.40. The van der Waals surface area contributed by atoms with E-state index in [4.69, 9.17) is 19.2 Å². The van der Waals surface area contributed by atoms with E-state index >= 15 is 0 Å². The number of aryl methyl sites for hydroxylation is 1. The Balaban J connectivity index is 1.74. The summed E-state index contributed by atoms with van der Waals surface area (Å²) in [7, 11) is 1.57. The highest BCUT2D eigenvalue weighted by Crippen LogP contribution is 2.40. The number of cyclic esters (lactones) is 1. The molecule has 166 valence electrons. The topological polar surface area (TPSA) is 99.9 Å². The Morgan fingerprint density at radius 1 is 1.22 bits per heavy atom. The molecule has 8 nitrogen and oxygen atoms in total. The molecule has 0 fully saturated rings. The Kier molecular flexibility index (Phi) is 4.79. The van der Waals surface area contributed by atoms with Crippen molar-refractivity contribution in [3.05, 3.63) is 56.9 Å². The number of esters is 1. The lowest BCUT2D eigenvalue weighted by Crippen LogP contribution is -2.44. The standard InChI is InChI=1S/C24H24N2O6/c1-4-14-15-8-13(32-12-30-3)6-7-19(15)25-21-16(14)10-26-20(21)9-18-17(22(26)27)11-31-23(28)24(18,29)5-2/h6-9,29H,4-5,10-12H2,1-3H3/t24-/m0/s1. The first-order chi connectivity index (χ1) is 15.4. The molecular weight excluding hydrogens is 412 g/mol. The van der Waals surface area contributed by atoms with Gasteiger partial charge in [0.2, 0.25) is 0 Å². The lowest BCUT2D eigenvalue weighted by molar-refractivity contribution is -0.172. The van der Waals surface area contributed by atoms with Gasteiger partial charge in [-0.25, -0.2) is 9.78 Å². The average Bonchev–Trinajstić information content (AvgIpc) is 3.17. The fourth-order valence-electron chi connectivity index (χ4n) is 4.76. The van der Waals surface area contributed by atoms with Crippen molar-refractivity contribution < 1.29 is 24.1 Å². The first-order valence-corrected chi connectivity index (χ1v) is 10.7. The van der Waals surface area contributed by atoms with Gasteiger partial charge in [0.05, 0.1) is 29.0 Å². The van der Waals surface area contributed by atoms with Crippen molar-refractivity contribution >= 4 is 16.9 Å². The van der Waals surface area contributed by atoms with E-state index < -0.39 is 11.6 Å². The van der Waals surface area contributed by atoms with Gasteiger partial charge in [0.1, 0.15) is 12.4 Å². The fraction of sp³-hybridized carbons (Fsp3) is 0.375. The Bertz CT molecular complexity index is 1330. The van der Waals surface area contributed by atoms with Crippen LogP contribution >= 0.6 is 0 Å². The van der Waals surface area contributed by atoms with Crippen LogP contribution in [0.1, 0.15) is 42.5 Å². The van der Waals surface area contributed by atoms with Crippen molar-refractivity contribution in [1.82, 2.24) is 9.55 Å². The maximum absolute atomic E-state index is 13.3. The van der Waals surface area contributed by atoms with Crippen LogP contribution in [-0.4, -0.2) is 34.5 Å². The maximum Gasteiger partial charge on any atom is 0.343 e. The number of carbonyl (C=O) groups is 1. The maximum atomic E-state index is 13.3. The molecule has 2 aromatic heterocycles. The average molecular weight is 436 g/mol. The van der Waals surface area contributed by atoms with E-state index in [0.29, 0.717) is 34.8 Å². The third kappa shape index (κ3) is 2.79. The van der Waals surface area contributed by atoms with E-state index in [1.54, 1.807) is 24.7 Å². The van der Waals surface area contributed by atoms with E-state index in [1.165, 1.54) is 0 Å². The molecule has 4 heterocycles. The van der Waals surface area contributed by atoms with Crippen LogP contribution in [-0.2, 0) is 39.4 Å². The van der Waals surface area contributed by atoms with E-state index in [-0.39, 0.29) is 25.4 Å². The summed E-state index contributed by atoms with van der Waals surface area (Å²) in [5, 5.41) is 12.0. The van der Waals surface area contributed by atoms with Crippen molar-refractivity contribution in [3.63, 3.8) is 0 Å². The largest absolute Gasteiger partial charge is 0.468 e. The second kappa shape index (κ2) is 7.43. The molecule has 0 unspecified atom stereocenters. The summed E-state index contributed by atoms with van der Waals surface area (Å²) in [6.45, 7) is 4.15. The molecule has 0 amide bonds. The number of aliphatic hydroxyl groups is 1. The van der Waals surface area contributed by atoms with Gasteiger partial charge in [-0.15, -0.1) is 0 Å². The number of fused-ring (bicyclic) bond motifs is 5. The number of benzene rings is 1. The highest BCUT2D eigenvalue weighted by atomic mass is 16.7. The molecule has 0 spiro atoms. The number of aromatic nitrogens is 2. The smallest absolute Gasteiger partial charge is 0.343 e. The number of rotatable bonds is 5. The molecule has 0 aliphatic carbocycles. The van der Waals surface area contributed by atoms with Gasteiger partial charge < -0.3 is 23.9 Å². The van der Waals surface area contributed by atoms with Gasteiger partial charge >= 0.3 is 5.97 Å². The fourth-order valence-corrected chi connectivity index (χ4v) is 4.76. The quantitative estimate of drug-likeness (QED) is 0.379. The molecule has 0 saturated carbocycles. The number of pyridine rings is 2. The van der Waals surface area contributed by atoms with E-state index in [1.807, 2.05) is 18.2 Å². The lowest BCUT2D eigenvalue weighted by Gasteiger charge is -2.31. The molecule has 1 N–H and O–H groups in total. The van der Waals surface area contributed by atoms with Crippen LogP contribution in [0.4, 0.5) is 0 Å². The van der Waals surface area contributed by atoms with Crippen molar-refractivity contribution in [1.29, 1.82) is 0 Å². The van der Waals surface area contributed by atoms with Gasteiger partial charge in [-0.05, 0) is 42.7 Å². The number of nitrogens with zero attached hydrogens (tertiary/aromatic N) is 2. The highest BCUT2D eigenvalue weighted by molar-refractivity contribution is 5.90. The van der Waals surface area contributed by atoms with Crippen molar-refractivity contribution in [3.8, 4) is 17.1 Å². The number of hydrogen-bond donors (Lipinski definition) is 1. The Labute approximate surface area is 184 Å². The lowest BCUT2D eigenvalue weighted by atomic mass is 9.86. The van der Waals surface area contributed by atoms with Gasteiger partial charge in [0.25, 0.3) is 5.56 Å². The SMILES string of the molecule is CCc1c2c(nc3ccc(OCOC)cc13)-c1cc3c(c(=O)n1C2)COC(=O)[C@]3(O)CC. The number of ether oxygens (including phenoxy) is 3. The molecule has 32 heavy (non-hydrogen) atoms. The monoisotopic (exact) mass is 436 g/mol. The third-order valence-electron chi connectivity index (χ3n) is 6.47. The van der Waals surface area contributed by atoms with Crippen LogP contribution in [0.25, 0.3) is 22.3 Å². The normalized spacial score (nSPS) is 18.8. The number of carbonyl (C=O) groups excluding carboxylic acids is 1. The Morgan fingerprint density at radius 2 is 2.03 bits per heavy atom. The van der Waals surface area contributed by atoms with E-state index in [0.717, 1.165) is 28.5 Å². The minimum Gasteiger partial charge on any atom is -0.468 e. The van der Waals surface area contributed by atoms with Gasteiger partial charge in [0.15, 0.2) is 12.4 Å². The number of hydrogen-bond acceptors (Lipinski definition) is 7. The molecule has 2 aliphatic rings. The second-order valence-corrected chi connectivity index (χ2v) is 8.10. The minimum atomic E-state index is -1.83. The summed E-state index contributed by atoms with van der Waals surface area (Å²) in [4.78, 5) is 30.5. The summed E-state index contributed by atoms with van der Waals surface area (Å²) >= 11 is 0. The molecule has 5 rings (SSSR count). The van der Waals surface area contributed by atoms with Crippen LogP contribution in [0.5, 0.6) is 5.75 Å².